The Morgan fingerprint density at radius 2 is 1.90 bits per heavy atom. The molecule has 1 aliphatic heterocycles. The van der Waals surface area contributed by atoms with Gasteiger partial charge in [-0.15, -0.1) is 0 Å². The van der Waals surface area contributed by atoms with E-state index in [0.717, 1.165) is 31.8 Å². The summed E-state index contributed by atoms with van der Waals surface area (Å²) in [5.41, 5.74) is 2.60. The lowest BCUT2D eigenvalue weighted by Crippen LogP contribution is -2.53. The fourth-order valence-corrected chi connectivity index (χ4v) is 2.56. The van der Waals surface area contributed by atoms with Crippen molar-refractivity contribution in [2.45, 2.75) is 26.0 Å². The zero-order valence-electron chi connectivity index (χ0n) is 11.8. The van der Waals surface area contributed by atoms with Crippen molar-refractivity contribution in [3.8, 4) is 5.75 Å². The van der Waals surface area contributed by atoms with Crippen LogP contribution < -0.4 is 4.74 Å². The number of pyridine rings is 1. The summed E-state index contributed by atoms with van der Waals surface area (Å²) in [4.78, 5) is 6.44. The molecular weight excluding hydrogens is 248 g/mol. The molecule has 104 valence electrons. The summed E-state index contributed by atoms with van der Waals surface area (Å²) in [6.07, 6.45) is 5.04. The van der Waals surface area contributed by atoms with Crippen LogP contribution in [0, 0.1) is 0 Å². The lowest BCUT2D eigenvalue weighted by molar-refractivity contribution is 0.0140. The van der Waals surface area contributed by atoms with Crippen molar-refractivity contribution < 1.29 is 4.74 Å². The fraction of sp³-hybridized carbons (Fsp3) is 0.353. The molecule has 1 saturated heterocycles. The second-order valence-electron chi connectivity index (χ2n) is 5.25. The Hall–Kier alpha value is -1.87. The number of aryl methyl sites for hydroxylation is 1. The molecule has 0 unspecified atom stereocenters. The molecule has 0 amide bonds. The van der Waals surface area contributed by atoms with Gasteiger partial charge in [-0.25, -0.2) is 0 Å². The van der Waals surface area contributed by atoms with Crippen LogP contribution >= 0.6 is 0 Å². The Morgan fingerprint density at radius 1 is 1.15 bits per heavy atom. The first-order chi connectivity index (χ1) is 9.85. The van der Waals surface area contributed by atoms with Crippen molar-refractivity contribution in [1.29, 1.82) is 0 Å². The molecule has 3 nitrogen and oxygen atoms in total. The third-order valence-electron chi connectivity index (χ3n) is 3.73. The van der Waals surface area contributed by atoms with Crippen molar-refractivity contribution in [1.82, 2.24) is 9.88 Å². The molecule has 2 aromatic rings. The molecule has 1 aliphatic rings. The Kier molecular flexibility index (Phi) is 3.97. The van der Waals surface area contributed by atoms with Gasteiger partial charge in [0, 0.05) is 32.0 Å². The topological polar surface area (TPSA) is 25.4 Å². The number of hydrogen-bond donors (Lipinski definition) is 0. The molecule has 3 heteroatoms. The molecule has 0 spiro atoms. The fourth-order valence-electron chi connectivity index (χ4n) is 2.56. The monoisotopic (exact) mass is 268 g/mol. The van der Waals surface area contributed by atoms with Crippen LogP contribution in [0.15, 0.2) is 48.8 Å². The molecule has 0 atom stereocenters. The molecule has 0 N–H and O–H groups in total. The second-order valence-corrected chi connectivity index (χ2v) is 5.25. The van der Waals surface area contributed by atoms with Crippen molar-refractivity contribution >= 4 is 0 Å². The van der Waals surface area contributed by atoms with Gasteiger partial charge in [-0.3, -0.25) is 9.88 Å². The maximum atomic E-state index is 6.09. The number of para-hydroxylation sites is 1. The van der Waals surface area contributed by atoms with Gasteiger partial charge in [-0.05, 0) is 35.7 Å². The van der Waals surface area contributed by atoms with Gasteiger partial charge in [0.1, 0.15) is 11.9 Å². The summed E-state index contributed by atoms with van der Waals surface area (Å²) in [6, 6.07) is 12.5. The van der Waals surface area contributed by atoms with E-state index in [0.29, 0.717) is 6.10 Å². The van der Waals surface area contributed by atoms with E-state index < -0.39 is 0 Å². The van der Waals surface area contributed by atoms with E-state index in [1.807, 2.05) is 18.5 Å². The average molecular weight is 268 g/mol. The highest BCUT2D eigenvalue weighted by atomic mass is 16.5. The van der Waals surface area contributed by atoms with Crippen molar-refractivity contribution in [3.63, 3.8) is 0 Å². The van der Waals surface area contributed by atoms with E-state index in [1.165, 1.54) is 11.1 Å². The van der Waals surface area contributed by atoms with Crippen LogP contribution in [0.4, 0.5) is 0 Å². The highest BCUT2D eigenvalue weighted by molar-refractivity contribution is 5.33. The molecule has 0 bridgehead atoms. The van der Waals surface area contributed by atoms with E-state index in [2.05, 4.69) is 47.1 Å². The smallest absolute Gasteiger partial charge is 0.124 e. The Morgan fingerprint density at radius 3 is 2.65 bits per heavy atom. The maximum absolute atomic E-state index is 6.09. The van der Waals surface area contributed by atoms with Crippen molar-refractivity contribution in [2.75, 3.05) is 13.1 Å². The minimum Gasteiger partial charge on any atom is -0.487 e. The first-order valence-electron chi connectivity index (χ1n) is 7.21. The molecule has 0 saturated carbocycles. The minimum absolute atomic E-state index is 0.324. The summed E-state index contributed by atoms with van der Waals surface area (Å²) in [6.45, 7) is 5.15. The predicted octanol–water partition coefficient (Wildman–Crippen LogP) is 2.91. The van der Waals surface area contributed by atoms with Crippen LogP contribution in [0.2, 0.25) is 0 Å². The molecule has 20 heavy (non-hydrogen) atoms. The lowest BCUT2D eigenvalue weighted by atomic mass is 10.1. The SMILES string of the molecule is CCc1ccccc1OC1CN(Cc2ccncc2)C1. The first-order valence-corrected chi connectivity index (χ1v) is 7.21. The van der Waals surface area contributed by atoms with Gasteiger partial charge >= 0.3 is 0 Å². The van der Waals surface area contributed by atoms with Crippen LogP contribution in [0.3, 0.4) is 0 Å². The number of hydrogen-bond acceptors (Lipinski definition) is 3. The summed E-state index contributed by atoms with van der Waals surface area (Å²) in [5, 5.41) is 0. The molecule has 2 heterocycles. The molecule has 1 fully saturated rings. The Balaban J connectivity index is 1.51. The summed E-state index contributed by atoms with van der Waals surface area (Å²) >= 11 is 0. The highest BCUT2D eigenvalue weighted by Crippen LogP contribution is 2.23. The molecule has 1 aromatic carbocycles. The standard InChI is InChI=1S/C17H20N2O/c1-2-15-5-3-4-6-17(15)20-16-12-19(13-16)11-14-7-9-18-10-8-14/h3-10,16H,2,11-13H2,1H3. The van der Waals surface area contributed by atoms with Crippen LogP contribution in [0.5, 0.6) is 5.75 Å². The van der Waals surface area contributed by atoms with Crippen LogP contribution in [-0.2, 0) is 13.0 Å². The van der Waals surface area contributed by atoms with E-state index in [9.17, 15) is 0 Å². The van der Waals surface area contributed by atoms with Gasteiger partial charge in [0.2, 0.25) is 0 Å². The zero-order valence-corrected chi connectivity index (χ0v) is 11.8. The van der Waals surface area contributed by atoms with E-state index in [1.54, 1.807) is 0 Å². The third kappa shape index (κ3) is 2.99. The maximum Gasteiger partial charge on any atom is 0.124 e. The number of likely N-dealkylation sites (tertiary alicyclic amines) is 1. The van der Waals surface area contributed by atoms with Crippen molar-refractivity contribution in [3.05, 3.63) is 59.9 Å². The molecular formula is C17H20N2O. The number of benzene rings is 1. The van der Waals surface area contributed by atoms with Gasteiger partial charge in [-0.2, -0.15) is 0 Å². The molecule has 0 radical (unpaired) electrons. The largest absolute Gasteiger partial charge is 0.487 e. The van der Waals surface area contributed by atoms with Gasteiger partial charge < -0.3 is 4.74 Å². The number of ether oxygens (including phenoxy) is 1. The average Bonchev–Trinajstić information content (AvgIpc) is 2.46. The zero-order chi connectivity index (χ0) is 13.8. The minimum atomic E-state index is 0.324. The highest BCUT2D eigenvalue weighted by Gasteiger charge is 2.28. The molecule has 3 rings (SSSR count). The predicted molar refractivity (Wildman–Crippen MR) is 79.8 cm³/mol. The van der Waals surface area contributed by atoms with Gasteiger partial charge in [0.25, 0.3) is 0 Å². The number of nitrogens with zero attached hydrogens (tertiary/aromatic N) is 2. The van der Waals surface area contributed by atoms with Crippen LogP contribution in [-0.4, -0.2) is 29.1 Å². The normalized spacial score (nSPS) is 15.8. The van der Waals surface area contributed by atoms with Crippen LogP contribution in [0.25, 0.3) is 0 Å². The number of aromatic nitrogens is 1. The van der Waals surface area contributed by atoms with Gasteiger partial charge in [0.05, 0.1) is 0 Å². The number of rotatable bonds is 5. The second kappa shape index (κ2) is 6.06. The first kappa shape index (κ1) is 13.1. The van der Waals surface area contributed by atoms with Crippen LogP contribution in [0.1, 0.15) is 18.1 Å². The van der Waals surface area contributed by atoms with E-state index >= 15 is 0 Å². The Bertz CT molecular complexity index is 550. The molecule has 0 aliphatic carbocycles. The molecule has 1 aromatic heterocycles. The van der Waals surface area contributed by atoms with E-state index in [-0.39, 0.29) is 0 Å². The lowest BCUT2D eigenvalue weighted by Gasteiger charge is -2.39. The van der Waals surface area contributed by atoms with Crippen molar-refractivity contribution in [2.24, 2.45) is 0 Å². The van der Waals surface area contributed by atoms with Gasteiger partial charge in [-0.1, -0.05) is 25.1 Å². The third-order valence-corrected chi connectivity index (χ3v) is 3.73. The van der Waals surface area contributed by atoms with Gasteiger partial charge in [0.15, 0.2) is 0 Å². The quantitative estimate of drug-likeness (QED) is 0.833. The summed E-state index contributed by atoms with van der Waals surface area (Å²) < 4.78 is 6.09. The summed E-state index contributed by atoms with van der Waals surface area (Å²) in [5.74, 6) is 1.04. The summed E-state index contributed by atoms with van der Waals surface area (Å²) in [7, 11) is 0. The Labute approximate surface area is 120 Å². The van der Waals surface area contributed by atoms with E-state index in [4.69, 9.17) is 4.74 Å².